The molecule has 0 nitrogen and oxygen atoms in total. The largest absolute Gasteiger partial charge is 0.0619 e. The summed E-state index contributed by atoms with van der Waals surface area (Å²) in [5.41, 5.74) is 9.64. The number of aryl methyl sites for hydroxylation is 1. The molecule has 0 heteroatoms. The molecule has 0 aromatic heterocycles. The molecule has 0 atom stereocenters. The van der Waals surface area contributed by atoms with Crippen LogP contribution in [0.1, 0.15) is 30.5 Å². The van der Waals surface area contributed by atoms with E-state index in [0.717, 1.165) is 0 Å². The van der Waals surface area contributed by atoms with Crippen LogP contribution in [0.3, 0.4) is 0 Å². The van der Waals surface area contributed by atoms with E-state index in [1.165, 1.54) is 49.7 Å². The van der Waals surface area contributed by atoms with Gasteiger partial charge < -0.3 is 0 Å². The molecule has 26 heavy (non-hydrogen) atoms. The maximum atomic E-state index is 2.39. The minimum Gasteiger partial charge on any atom is -0.0619 e. The predicted octanol–water partition coefficient (Wildman–Crippen LogP) is 7.12. The van der Waals surface area contributed by atoms with Crippen LogP contribution < -0.4 is 0 Å². The van der Waals surface area contributed by atoms with Crippen molar-refractivity contribution in [3.63, 3.8) is 0 Å². The SMILES string of the molecule is Cc1ccc(-c2ccc3c(c2)-c2ccccc2C3(C)C)c2ccccc12. The fourth-order valence-corrected chi connectivity index (χ4v) is 4.59. The van der Waals surface area contributed by atoms with E-state index in [1.54, 1.807) is 0 Å². The van der Waals surface area contributed by atoms with Gasteiger partial charge in [0, 0.05) is 5.41 Å². The fourth-order valence-electron chi connectivity index (χ4n) is 4.59. The summed E-state index contributed by atoms with van der Waals surface area (Å²) in [6, 6.07) is 29.1. The zero-order chi connectivity index (χ0) is 17.9. The maximum Gasteiger partial charge on any atom is 0.0158 e. The van der Waals surface area contributed by atoms with E-state index in [4.69, 9.17) is 0 Å². The fraction of sp³-hybridized carbons (Fsp3) is 0.154. The molecule has 1 aliphatic carbocycles. The second-order valence-electron chi connectivity index (χ2n) is 7.91. The summed E-state index contributed by atoms with van der Waals surface area (Å²) >= 11 is 0. The smallest absolute Gasteiger partial charge is 0.0158 e. The minimum atomic E-state index is 0.0692. The van der Waals surface area contributed by atoms with Crippen LogP contribution >= 0.6 is 0 Å². The second-order valence-corrected chi connectivity index (χ2v) is 7.91. The van der Waals surface area contributed by atoms with Crippen LogP contribution in [0.15, 0.2) is 78.9 Å². The monoisotopic (exact) mass is 334 g/mol. The zero-order valence-corrected chi connectivity index (χ0v) is 15.5. The van der Waals surface area contributed by atoms with E-state index in [9.17, 15) is 0 Å². The Morgan fingerprint density at radius 1 is 0.577 bits per heavy atom. The van der Waals surface area contributed by atoms with E-state index < -0.39 is 0 Å². The van der Waals surface area contributed by atoms with Crippen molar-refractivity contribution in [3.05, 3.63) is 95.6 Å². The Bertz CT molecular complexity index is 1160. The van der Waals surface area contributed by atoms with Crippen LogP contribution in [-0.2, 0) is 5.41 Å². The van der Waals surface area contributed by atoms with Crippen molar-refractivity contribution in [3.8, 4) is 22.3 Å². The summed E-state index contributed by atoms with van der Waals surface area (Å²) in [6.07, 6.45) is 0. The Labute approximate surface area is 155 Å². The van der Waals surface area contributed by atoms with E-state index in [1.807, 2.05) is 0 Å². The lowest BCUT2D eigenvalue weighted by molar-refractivity contribution is 0.660. The van der Waals surface area contributed by atoms with Crippen molar-refractivity contribution < 1.29 is 0 Å². The van der Waals surface area contributed by atoms with E-state index in [-0.39, 0.29) is 5.41 Å². The first kappa shape index (κ1) is 15.4. The molecule has 0 N–H and O–H groups in total. The van der Waals surface area contributed by atoms with Gasteiger partial charge in [0.25, 0.3) is 0 Å². The molecule has 4 aromatic carbocycles. The molecule has 0 bridgehead atoms. The van der Waals surface area contributed by atoms with Gasteiger partial charge in [0.2, 0.25) is 0 Å². The predicted molar refractivity (Wildman–Crippen MR) is 112 cm³/mol. The highest BCUT2D eigenvalue weighted by Gasteiger charge is 2.35. The topological polar surface area (TPSA) is 0 Å². The van der Waals surface area contributed by atoms with Gasteiger partial charge in [0.1, 0.15) is 0 Å². The Morgan fingerprint density at radius 2 is 1.27 bits per heavy atom. The van der Waals surface area contributed by atoms with Crippen molar-refractivity contribution in [2.45, 2.75) is 26.2 Å². The number of fused-ring (bicyclic) bond motifs is 4. The molecular weight excluding hydrogens is 312 g/mol. The van der Waals surface area contributed by atoms with Crippen LogP contribution in [0.25, 0.3) is 33.0 Å². The lowest BCUT2D eigenvalue weighted by Crippen LogP contribution is -2.14. The molecule has 0 amide bonds. The summed E-state index contributed by atoms with van der Waals surface area (Å²) in [5, 5.41) is 2.67. The highest BCUT2D eigenvalue weighted by molar-refractivity contribution is 5.99. The molecule has 0 saturated heterocycles. The molecule has 126 valence electrons. The van der Waals surface area contributed by atoms with Crippen molar-refractivity contribution >= 4 is 10.8 Å². The first-order valence-corrected chi connectivity index (χ1v) is 9.30. The number of benzene rings is 4. The van der Waals surface area contributed by atoms with E-state index >= 15 is 0 Å². The van der Waals surface area contributed by atoms with Gasteiger partial charge in [-0.3, -0.25) is 0 Å². The molecule has 4 aromatic rings. The van der Waals surface area contributed by atoms with Crippen molar-refractivity contribution in [1.29, 1.82) is 0 Å². The lowest BCUT2D eigenvalue weighted by atomic mass is 9.82. The number of rotatable bonds is 1. The van der Waals surface area contributed by atoms with Crippen molar-refractivity contribution in [2.75, 3.05) is 0 Å². The standard InChI is InChI=1S/C26H22/c1-17-12-14-20(21-9-5-4-8-19(17)21)18-13-15-25-23(16-18)22-10-6-7-11-24(22)26(25,2)3/h4-16H,1-3H3. The summed E-state index contributed by atoms with van der Waals surface area (Å²) in [5.74, 6) is 0. The summed E-state index contributed by atoms with van der Waals surface area (Å²) in [6.45, 7) is 6.85. The molecule has 0 aliphatic heterocycles. The second kappa shape index (κ2) is 5.32. The molecular formula is C26H22. The Morgan fingerprint density at radius 3 is 2.12 bits per heavy atom. The van der Waals surface area contributed by atoms with Gasteiger partial charge in [-0.25, -0.2) is 0 Å². The third-order valence-corrected chi connectivity index (χ3v) is 6.04. The van der Waals surface area contributed by atoms with Gasteiger partial charge in [0.05, 0.1) is 0 Å². The highest BCUT2D eigenvalue weighted by Crippen LogP contribution is 2.49. The van der Waals surface area contributed by atoms with Gasteiger partial charge in [-0.05, 0) is 62.7 Å². The Balaban J connectivity index is 1.78. The van der Waals surface area contributed by atoms with Crippen molar-refractivity contribution in [1.82, 2.24) is 0 Å². The van der Waals surface area contributed by atoms with Gasteiger partial charge in [-0.2, -0.15) is 0 Å². The Kier molecular flexibility index (Phi) is 3.15. The molecule has 0 saturated carbocycles. The molecule has 0 spiro atoms. The molecule has 0 unspecified atom stereocenters. The quantitative estimate of drug-likeness (QED) is 0.347. The third-order valence-electron chi connectivity index (χ3n) is 6.04. The molecule has 0 fully saturated rings. The van der Waals surface area contributed by atoms with Gasteiger partial charge >= 0.3 is 0 Å². The van der Waals surface area contributed by atoms with Crippen molar-refractivity contribution in [2.24, 2.45) is 0 Å². The van der Waals surface area contributed by atoms with E-state index in [2.05, 4.69) is 99.6 Å². The van der Waals surface area contributed by atoms with Gasteiger partial charge in [-0.15, -0.1) is 0 Å². The lowest BCUT2D eigenvalue weighted by Gasteiger charge is -2.21. The minimum absolute atomic E-state index is 0.0692. The van der Waals surface area contributed by atoms with E-state index in [0.29, 0.717) is 0 Å². The Hall–Kier alpha value is -2.86. The molecule has 0 heterocycles. The van der Waals surface area contributed by atoms with Gasteiger partial charge in [-0.1, -0.05) is 86.6 Å². The van der Waals surface area contributed by atoms with Crippen LogP contribution in [0.4, 0.5) is 0 Å². The number of hydrogen-bond donors (Lipinski definition) is 0. The van der Waals surface area contributed by atoms with Crippen LogP contribution in [0.5, 0.6) is 0 Å². The van der Waals surface area contributed by atoms with Gasteiger partial charge in [0.15, 0.2) is 0 Å². The average Bonchev–Trinajstić information content (AvgIpc) is 2.90. The highest BCUT2D eigenvalue weighted by atomic mass is 14.4. The van der Waals surface area contributed by atoms with Crippen LogP contribution in [0.2, 0.25) is 0 Å². The molecule has 1 aliphatic rings. The first-order chi connectivity index (χ1) is 12.6. The average molecular weight is 334 g/mol. The van der Waals surface area contributed by atoms with Crippen LogP contribution in [0, 0.1) is 6.92 Å². The summed E-state index contributed by atoms with van der Waals surface area (Å²) in [4.78, 5) is 0. The molecule has 0 radical (unpaired) electrons. The molecule has 5 rings (SSSR count). The normalized spacial score (nSPS) is 14.3. The third kappa shape index (κ3) is 2.02. The summed E-state index contributed by atoms with van der Waals surface area (Å²) in [7, 11) is 0. The maximum absolute atomic E-state index is 2.39. The zero-order valence-electron chi connectivity index (χ0n) is 15.5. The number of hydrogen-bond acceptors (Lipinski definition) is 0. The van der Waals surface area contributed by atoms with Crippen LogP contribution in [-0.4, -0.2) is 0 Å². The summed E-state index contributed by atoms with van der Waals surface area (Å²) < 4.78 is 0. The first-order valence-electron chi connectivity index (χ1n) is 9.30.